The lowest BCUT2D eigenvalue weighted by molar-refractivity contribution is -0.304. The van der Waals surface area contributed by atoms with Crippen molar-refractivity contribution in [2.45, 2.75) is 12.9 Å². The molecule has 5 nitrogen and oxygen atoms in total. The predicted octanol–water partition coefficient (Wildman–Crippen LogP) is 1.79. The van der Waals surface area contributed by atoms with E-state index in [1.165, 1.54) is 31.2 Å². The van der Waals surface area contributed by atoms with E-state index in [2.05, 4.69) is 0 Å². The van der Waals surface area contributed by atoms with E-state index in [4.69, 9.17) is 9.47 Å². The first-order valence-electron chi connectivity index (χ1n) is 5.95. The van der Waals surface area contributed by atoms with E-state index in [9.17, 15) is 15.0 Å². The van der Waals surface area contributed by atoms with Gasteiger partial charge in [0.15, 0.2) is 0 Å². The normalized spacial score (nSPS) is 10.9. The summed E-state index contributed by atoms with van der Waals surface area (Å²) in [5.74, 6) is -2.27. The van der Waals surface area contributed by atoms with Crippen molar-refractivity contribution in [3.8, 4) is 11.5 Å². The molecule has 0 spiro atoms. The number of ether oxygens (including phenoxy) is 2. The molecule has 0 radical (unpaired) electrons. The van der Waals surface area contributed by atoms with E-state index >= 15 is 0 Å². The van der Waals surface area contributed by atoms with Crippen LogP contribution < -0.4 is 9.47 Å². The van der Waals surface area contributed by atoms with E-state index in [-0.39, 0.29) is 5.56 Å². The van der Waals surface area contributed by atoms with Gasteiger partial charge in [-0.3, -0.25) is 4.79 Å². The van der Waals surface area contributed by atoms with Crippen molar-refractivity contribution in [1.29, 1.82) is 0 Å². The van der Waals surface area contributed by atoms with Gasteiger partial charge in [-0.2, -0.15) is 0 Å². The molecule has 0 aliphatic rings. The molecule has 0 aliphatic heterocycles. The van der Waals surface area contributed by atoms with Crippen molar-refractivity contribution in [1.82, 2.24) is 0 Å². The minimum Gasteiger partial charge on any atom is -0.436 e. The number of benzene rings is 2. The van der Waals surface area contributed by atoms with Gasteiger partial charge in [-0.15, -0.1) is 0 Å². The van der Waals surface area contributed by atoms with E-state index in [1.54, 1.807) is 30.3 Å². The number of carbonyl (C=O) groups is 1. The zero-order valence-electron chi connectivity index (χ0n) is 10.8. The zero-order valence-corrected chi connectivity index (χ0v) is 10.8. The minimum atomic E-state index is -2.46. The molecule has 0 saturated heterocycles. The average Bonchev–Trinajstić information content (AvgIpc) is 2.39. The molecule has 0 heterocycles. The molecule has 5 heteroatoms. The molecule has 0 bridgehead atoms. The van der Waals surface area contributed by atoms with Crippen LogP contribution in [0, 0.1) is 0 Å². The molecule has 2 aromatic rings. The molecule has 0 unspecified atom stereocenters. The Morgan fingerprint density at radius 3 is 2.10 bits per heavy atom. The molecular formula is C15H14O5. The van der Waals surface area contributed by atoms with Crippen molar-refractivity contribution in [3.63, 3.8) is 0 Å². The molecule has 2 aromatic carbocycles. The van der Waals surface area contributed by atoms with Gasteiger partial charge in [-0.05, 0) is 36.4 Å². The number of para-hydroxylation sites is 1. The van der Waals surface area contributed by atoms with E-state index in [0.717, 1.165) is 0 Å². The first-order chi connectivity index (χ1) is 9.47. The van der Waals surface area contributed by atoms with Crippen LogP contribution in [0.25, 0.3) is 0 Å². The Balaban J connectivity index is 2.15. The van der Waals surface area contributed by atoms with Gasteiger partial charge in [-0.1, -0.05) is 18.2 Å². The topological polar surface area (TPSA) is 76.0 Å². The number of hydrogen-bond acceptors (Lipinski definition) is 5. The highest BCUT2D eigenvalue weighted by molar-refractivity contribution is 5.69. The largest absolute Gasteiger partial charge is 0.436 e. The van der Waals surface area contributed by atoms with Crippen LogP contribution in [0.15, 0.2) is 54.6 Å². The van der Waals surface area contributed by atoms with Gasteiger partial charge < -0.3 is 19.7 Å². The molecule has 0 aliphatic carbocycles. The second-order valence-corrected chi connectivity index (χ2v) is 4.14. The fraction of sp³-hybridized carbons (Fsp3) is 0.133. The molecule has 2 rings (SSSR count). The fourth-order valence-electron chi connectivity index (χ4n) is 1.62. The summed E-state index contributed by atoms with van der Waals surface area (Å²) < 4.78 is 9.97. The molecule has 0 fully saturated rings. The second kappa shape index (κ2) is 5.73. The lowest BCUT2D eigenvalue weighted by Gasteiger charge is -2.23. The number of rotatable bonds is 4. The summed E-state index contributed by atoms with van der Waals surface area (Å²) in [5, 5.41) is 19.9. The maximum Gasteiger partial charge on any atom is 0.351 e. The first kappa shape index (κ1) is 14.0. The third kappa shape index (κ3) is 3.57. The summed E-state index contributed by atoms with van der Waals surface area (Å²) >= 11 is 0. The van der Waals surface area contributed by atoms with E-state index in [0.29, 0.717) is 11.5 Å². The molecular weight excluding hydrogens is 260 g/mol. The monoisotopic (exact) mass is 274 g/mol. The first-order valence-corrected chi connectivity index (χ1v) is 5.95. The van der Waals surface area contributed by atoms with Crippen LogP contribution in [0.5, 0.6) is 11.5 Å². The second-order valence-electron chi connectivity index (χ2n) is 4.14. The van der Waals surface area contributed by atoms with Crippen molar-refractivity contribution >= 4 is 5.97 Å². The summed E-state index contributed by atoms with van der Waals surface area (Å²) in [6.45, 7) is 1.29. The highest BCUT2D eigenvalue weighted by Gasteiger charge is 2.28. The molecule has 0 saturated carbocycles. The number of hydrogen-bond donors (Lipinski definition) is 2. The highest BCUT2D eigenvalue weighted by atomic mass is 16.8. The summed E-state index contributed by atoms with van der Waals surface area (Å²) in [6.07, 6.45) is 0. The van der Waals surface area contributed by atoms with Crippen LogP contribution in [0.4, 0.5) is 0 Å². The van der Waals surface area contributed by atoms with Crippen LogP contribution in [-0.4, -0.2) is 16.2 Å². The van der Waals surface area contributed by atoms with Crippen molar-refractivity contribution in [2.24, 2.45) is 0 Å². The Kier molecular flexibility index (Phi) is 4.02. The Hall–Kier alpha value is -2.37. The zero-order chi connectivity index (χ0) is 14.6. The van der Waals surface area contributed by atoms with Crippen molar-refractivity contribution in [3.05, 3.63) is 60.2 Å². The van der Waals surface area contributed by atoms with Crippen LogP contribution in [0.1, 0.15) is 12.5 Å². The maximum atomic E-state index is 10.8. The van der Waals surface area contributed by atoms with Crippen molar-refractivity contribution < 1.29 is 24.5 Å². The van der Waals surface area contributed by atoms with Crippen LogP contribution in [0.2, 0.25) is 0 Å². The standard InChI is InChI=1S/C15H14O5/c1-11(16)19-13-9-7-12(8-10-13)15(17,18)20-14-5-3-2-4-6-14/h2-10,17-18H,1H3. The van der Waals surface area contributed by atoms with Gasteiger partial charge in [0.25, 0.3) is 0 Å². The lowest BCUT2D eigenvalue weighted by Crippen LogP contribution is -2.32. The molecule has 0 atom stereocenters. The summed E-state index contributed by atoms with van der Waals surface area (Å²) in [5.41, 5.74) is 0.122. The Morgan fingerprint density at radius 2 is 1.55 bits per heavy atom. The number of esters is 1. The summed E-state index contributed by atoms with van der Waals surface area (Å²) in [6, 6.07) is 14.1. The van der Waals surface area contributed by atoms with Gasteiger partial charge in [0.2, 0.25) is 0 Å². The predicted molar refractivity (Wildman–Crippen MR) is 70.9 cm³/mol. The lowest BCUT2D eigenvalue weighted by atomic mass is 10.2. The van der Waals surface area contributed by atoms with E-state index in [1.807, 2.05) is 0 Å². The van der Waals surface area contributed by atoms with Gasteiger partial charge in [0, 0.05) is 6.92 Å². The van der Waals surface area contributed by atoms with Gasteiger partial charge in [0.1, 0.15) is 11.5 Å². The highest BCUT2D eigenvalue weighted by Crippen LogP contribution is 2.25. The average molecular weight is 274 g/mol. The molecule has 2 N–H and O–H groups in total. The summed E-state index contributed by atoms with van der Waals surface area (Å²) in [7, 11) is 0. The van der Waals surface area contributed by atoms with Crippen LogP contribution in [0.3, 0.4) is 0 Å². The molecule has 0 amide bonds. The Bertz CT molecular complexity index is 575. The fourth-order valence-corrected chi connectivity index (χ4v) is 1.62. The van der Waals surface area contributed by atoms with Gasteiger partial charge >= 0.3 is 11.9 Å². The van der Waals surface area contributed by atoms with Crippen LogP contribution >= 0.6 is 0 Å². The summed E-state index contributed by atoms with van der Waals surface area (Å²) in [4.78, 5) is 10.8. The Morgan fingerprint density at radius 1 is 0.950 bits per heavy atom. The van der Waals surface area contributed by atoms with E-state index < -0.39 is 11.9 Å². The minimum absolute atomic E-state index is 0.122. The molecule has 0 aromatic heterocycles. The Labute approximate surface area is 116 Å². The smallest absolute Gasteiger partial charge is 0.351 e. The van der Waals surface area contributed by atoms with Gasteiger partial charge in [0.05, 0.1) is 5.56 Å². The molecule has 20 heavy (non-hydrogen) atoms. The maximum absolute atomic E-state index is 10.8. The third-order valence-electron chi connectivity index (χ3n) is 2.50. The van der Waals surface area contributed by atoms with Gasteiger partial charge in [-0.25, -0.2) is 0 Å². The third-order valence-corrected chi connectivity index (χ3v) is 2.50. The molecule has 104 valence electrons. The van der Waals surface area contributed by atoms with Crippen molar-refractivity contribution in [2.75, 3.05) is 0 Å². The quantitative estimate of drug-likeness (QED) is 0.505. The van der Waals surface area contributed by atoms with Crippen LogP contribution in [-0.2, 0) is 10.8 Å². The SMILES string of the molecule is CC(=O)Oc1ccc(C(O)(O)Oc2ccccc2)cc1. The number of aliphatic hydroxyl groups is 2. The number of carbonyl (C=O) groups excluding carboxylic acids is 1.